The third kappa shape index (κ3) is 3.31. The van der Waals surface area contributed by atoms with Gasteiger partial charge < -0.3 is 5.73 Å². The Hall–Kier alpha value is -2.13. The zero-order chi connectivity index (χ0) is 15.6. The number of thiocarbonyl (C=S) groups is 1. The van der Waals surface area contributed by atoms with Crippen molar-refractivity contribution >= 4 is 32.9 Å². The number of hydrogen-bond acceptors (Lipinski definition) is 4. The minimum absolute atomic E-state index is 0.133. The molecule has 0 bridgehead atoms. The molecular formula is C12H9F2N3O2S2. The van der Waals surface area contributed by atoms with Gasteiger partial charge in [-0.25, -0.2) is 17.2 Å². The van der Waals surface area contributed by atoms with Crippen LogP contribution in [0.25, 0.3) is 0 Å². The molecule has 0 aliphatic rings. The molecular weight excluding hydrogens is 320 g/mol. The summed E-state index contributed by atoms with van der Waals surface area (Å²) in [5.41, 5.74) is 5.01. The van der Waals surface area contributed by atoms with Crippen LogP contribution in [0.5, 0.6) is 0 Å². The van der Waals surface area contributed by atoms with E-state index in [0.717, 1.165) is 24.5 Å². The Morgan fingerprint density at radius 2 is 2.00 bits per heavy atom. The van der Waals surface area contributed by atoms with Gasteiger partial charge in [0.15, 0.2) is 0 Å². The molecule has 5 nitrogen and oxygen atoms in total. The highest BCUT2D eigenvalue weighted by Gasteiger charge is 2.19. The van der Waals surface area contributed by atoms with Crippen molar-refractivity contribution < 1.29 is 17.2 Å². The number of nitrogens with zero attached hydrogens (tertiary/aromatic N) is 1. The molecule has 0 saturated carbocycles. The Morgan fingerprint density at radius 3 is 2.62 bits per heavy atom. The van der Waals surface area contributed by atoms with Crippen LogP contribution in [0.2, 0.25) is 0 Å². The maximum Gasteiger partial charge on any atom is 0.263 e. The topological polar surface area (TPSA) is 85.1 Å². The zero-order valence-electron chi connectivity index (χ0n) is 10.4. The highest BCUT2D eigenvalue weighted by Crippen LogP contribution is 2.22. The lowest BCUT2D eigenvalue weighted by molar-refractivity contribution is 0.592. The van der Waals surface area contributed by atoms with Gasteiger partial charge in [-0.2, -0.15) is 0 Å². The maximum absolute atomic E-state index is 13.7. The highest BCUT2D eigenvalue weighted by atomic mass is 32.2. The van der Waals surface area contributed by atoms with Crippen LogP contribution in [-0.2, 0) is 10.0 Å². The second kappa shape index (κ2) is 5.70. The van der Waals surface area contributed by atoms with Gasteiger partial charge >= 0.3 is 0 Å². The minimum Gasteiger partial charge on any atom is -0.389 e. The van der Waals surface area contributed by atoms with Gasteiger partial charge in [-0.1, -0.05) is 18.3 Å². The molecule has 9 heteroatoms. The average Bonchev–Trinajstić information content (AvgIpc) is 2.37. The molecule has 3 N–H and O–H groups in total. The van der Waals surface area contributed by atoms with E-state index in [4.69, 9.17) is 18.0 Å². The number of anilines is 1. The first-order valence-electron chi connectivity index (χ1n) is 5.53. The molecule has 1 heterocycles. The lowest BCUT2D eigenvalue weighted by Crippen LogP contribution is -2.19. The van der Waals surface area contributed by atoms with Gasteiger partial charge in [-0.15, -0.1) is 0 Å². The van der Waals surface area contributed by atoms with Crippen molar-refractivity contribution in [3.8, 4) is 0 Å². The first-order valence-corrected chi connectivity index (χ1v) is 7.42. The van der Waals surface area contributed by atoms with Crippen LogP contribution >= 0.6 is 12.2 Å². The number of nitrogens with two attached hydrogens (primary N) is 1. The van der Waals surface area contributed by atoms with Crippen LogP contribution in [0.3, 0.4) is 0 Å². The molecule has 110 valence electrons. The van der Waals surface area contributed by atoms with Gasteiger partial charge in [-0.3, -0.25) is 9.71 Å². The normalized spacial score (nSPS) is 11.1. The van der Waals surface area contributed by atoms with Gasteiger partial charge in [0.1, 0.15) is 21.5 Å². The molecule has 2 aromatic rings. The molecule has 0 aliphatic carbocycles. The summed E-state index contributed by atoms with van der Waals surface area (Å²) >= 11 is 4.69. The van der Waals surface area contributed by atoms with E-state index in [1.165, 1.54) is 12.1 Å². The van der Waals surface area contributed by atoms with E-state index in [9.17, 15) is 17.2 Å². The summed E-state index contributed by atoms with van der Waals surface area (Å²) in [4.78, 5) is 2.74. The summed E-state index contributed by atoms with van der Waals surface area (Å²) < 4.78 is 53.1. The van der Waals surface area contributed by atoms with Gasteiger partial charge in [0, 0.05) is 6.20 Å². The highest BCUT2D eigenvalue weighted by molar-refractivity contribution is 7.92. The Bertz CT molecular complexity index is 810. The lowest BCUT2D eigenvalue weighted by Gasteiger charge is -2.12. The van der Waals surface area contributed by atoms with Crippen molar-refractivity contribution in [2.24, 2.45) is 5.73 Å². The van der Waals surface area contributed by atoms with Crippen LogP contribution in [0, 0.1) is 11.6 Å². The van der Waals surface area contributed by atoms with E-state index in [0.29, 0.717) is 0 Å². The molecule has 21 heavy (non-hydrogen) atoms. The Morgan fingerprint density at radius 1 is 1.29 bits per heavy atom. The van der Waals surface area contributed by atoms with Crippen LogP contribution in [0.1, 0.15) is 5.56 Å². The summed E-state index contributed by atoms with van der Waals surface area (Å²) in [6.07, 6.45) is 1.83. The fraction of sp³-hybridized carbons (Fsp3) is 0. The summed E-state index contributed by atoms with van der Waals surface area (Å²) in [5.74, 6) is -1.58. The van der Waals surface area contributed by atoms with E-state index in [-0.39, 0.29) is 16.2 Å². The fourth-order valence-electron chi connectivity index (χ4n) is 1.60. The zero-order valence-corrected chi connectivity index (χ0v) is 12.0. The number of aromatic nitrogens is 1. The van der Waals surface area contributed by atoms with Gasteiger partial charge in [0.25, 0.3) is 10.0 Å². The number of sulfonamides is 1. The SMILES string of the molecule is NC(=S)c1c(F)cccc1NS(=O)(=O)c1cncc(F)c1. The molecule has 0 radical (unpaired) electrons. The lowest BCUT2D eigenvalue weighted by atomic mass is 10.2. The van der Waals surface area contributed by atoms with Crippen molar-refractivity contribution in [3.05, 3.63) is 53.9 Å². The molecule has 0 spiro atoms. The number of nitrogens with one attached hydrogen (secondary N) is 1. The maximum atomic E-state index is 13.7. The number of rotatable bonds is 4. The van der Waals surface area contributed by atoms with Crippen LogP contribution < -0.4 is 10.5 Å². The van der Waals surface area contributed by atoms with E-state index in [1.54, 1.807) is 0 Å². The van der Waals surface area contributed by atoms with Crippen molar-refractivity contribution in [2.75, 3.05) is 4.72 Å². The van der Waals surface area contributed by atoms with Crippen molar-refractivity contribution in [2.45, 2.75) is 4.90 Å². The molecule has 2 rings (SSSR count). The van der Waals surface area contributed by atoms with Crippen LogP contribution in [0.15, 0.2) is 41.6 Å². The number of pyridine rings is 1. The fourth-order valence-corrected chi connectivity index (χ4v) is 2.85. The monoisotopic (exact) mass is 329 g/mol. The molecule has 0 amide bonds. The number of hydrogen-bond donors (Lipinski definition) is 2. The third-order valence-electron chi connectivity index (χ3n) is 2.49. The molecule has 0 unspecified atom stereocenters. The predicted octanol–water partition coefficient (Wildman–Crippen LogP) is 1.79. The summed E-state index contributed by atoms with van der Waals surface area (Å²) in [6.45, 7) is 0. The molecule has 0 fully saturated rings. The molecule has 0 saturated heterocycles. The van der Waals surface area contributed by atoms with Gasteiger partial charge in [0.05, 0.1) is 17.4 Å². The van der Waals surface area contributed by atoms with Crippen molar-refractivity contribution in [1.82, 2.24) is 4.98 Å². The van der Waals surface area contributed by atoms with E-state index >= 15 is 0 Å². The smallest absolute Gasteiger partial charge is 0.263 e. The number of benzene rings is 1. The minimum atomic E-state index is -4.14. The third-order valence-corrected chi connectivity index (χ3v) is 4.03. The van der Waals surface area contributed by atoms with E-state index in [2.05, 4.69) is 9.71 Å². The molecule has 0 aliphatic heterocycles. The summed E-state index contributed by atoms with van der Waals surface area (Å²) in [7, 11) is -4.14. The van der Waals surface area contributed by atoms with Gasteiger partial charge in [-0.05, 0) is 18.2 Å². The second-order valence-corrected chi connectivity index (χ2v) is 6.09. The van der Waals surface area contributed by atoms with E-state index in [1.807, 2.05) is 0 Å². The standard InChI is InChI=1S/C12H9F2N3O2S2/c13-7-4-8(6-16-5-7)21(18,19)17-10-3-1-2-9(14)11(10)12(15)20/h1-6,17H,(H2,15,20). The molecule has 1 aromatic heterocycles. The second-order valence-electron chi connectivity index (χ2n) is 3.97. The van der Waals surface area contributed by atoms with Crippen molar-refractivity contribution in [1.29, 1.82) is 0 Å². The molecule has 0 atom stereocenters. The Balaban J connectivity index is 2.47. The van der Waals surface area contributed by atoms with Crippen molar-refractivity contribution in [3.63, 3.8) is 0 Å². The quantitative estimate of drug-likeness (QED) is 0.836. The van der Waals surface area contributed by atoms with E-state index < -0.39 is 26.6 Å². The molecule has 1 aromatic carbocycles. The summed E-state index contributed by atoms with van der Waals surface area (Å²) in [6, 6.07) is 4.46. The predicted molar refractivity (Wildman–Crippen MR) is 77.3 cm³/mol. The summed E-state index contributed by atoms with van der Waals surface area (Å²) in [5, 5.41) is 0. The van der Waals surface area contributed by atoms with Gasteiger partial charge in [0.2, 0.25) is 0 Å². The average molecular weight is 329 g/mol. The first kappa shape index (κ1) is 15.3. The van der Waals surface area contributed by atoms with Crippen LogP contribution in [-0.4, -0.2) is 18.4 Å². The van der Waals surface area contributed by atoms with Crippen LogP contribution in [0.4, 0.5) is 14.5 Å². The Kier molecular flexibility index (Phi) is 4.14. The largest absolute Gasteiger partial charge is 0.389 e. The Labute approximate surface area is 124 Å². The number of halogens is 2. The first-order chi connectivity index (χ1) is 9.81.